The predicted molar refractivity (Wildman–Crippen MR) is 123 cm³/mol. The van der Waals surface area contributed by atoms with Crippen LogP contribution in [0.25, 0.3) is 0 Å². The van der Waals surface area contributed by atoms with E-state index < -0.39 is 10.0 Å². The third-order valence-electron chi connectivity index (χ3n) is 4.34. The van der Waals surface area contributed by atoms with Gasteiger partial charge in [-0.15, -0.1) is 11.8 Å². The Morgan fingerprint density at radius 1 is 0.800 bits per heavy atom. The van der Waals surface area contributed by atoms with Gasteiger partial charge in [0.05, 0.1) is 10.6 Å². The topological polar surface area (TPSA) is 75.3 Å². The summed E-state index contributed by atoms with van der Waals surface area (Å²) in [6.07, 6.45) is 0.620. The van der Waals surface area contributed by atoms with Gasteiger partial charge in [0.25, 0.3) is 0 Å². The standard InChI is InChI=1S/C23H24N2O3S2/c26-23(18-29-17-20-9-5-2-6-10-20)25-21-11-13-22(14-12-21)30(27,28)24-16-15-19-7-3-1-4-8-19/h1-14,24H,15-18H2,(H,25,26). The van der Waals surface area contributed by atoms with Gasteiger partial charge in [-0.2, -0.15) is 0 Å². The zero-order chi connectivity index (χ0) is 21.2. The van der Waals surface area contributed by atoms with Gasteiger partial charge in [0, 0.05) is 18.0 Å². The fourth-order valence-corrected chi connectivity index (χ4v) is 4.63. The first kappa shape index (κ1) is 22.1. The zero-order valence-corrected chi connectivity index (χ0v) is 18.1. The molecule has 3 aromatic rings. The second kappa shape index (κ2) is 11.0. The molecule has 156 valence electrons. The Hall–Kier alpha value is -2.61. The Bertz CT molecular complexity index is 1040. The maximum absolute atomic E-state index is 12.4. The van der Waals surface area contributed by atoms with Crippen molar-refractivity contribution in [2.75, 3.05) is 17.6 Å². The second-order valence-electron chi connectivity index (χ2n) is 6.68. The van der Waals surface area contributed by atoms with E-state index in [-0.39, 0.29) is 10.8 Å². The van der Waals surface area contributed by atoms with Crippen LogP contribution in [-0.2, 0) is 27.0 Å². The van der Waals surface area contributed by atoms with Crippen molar-refractivity contribution in [3.8, 4) is 0 Å². The molecule has 0 saturated carbocycles. The van der Waals surface area contributed by atoms with Crippen molar-refractivity contribution in [2.45, 2.75) is 17.1 Å². The van der Waals surface area contributed by atoms with Crippen LogP contribution in [0.5, 0.6) is 0 Å². The molecular formula is C23H24N2O3S2. The van der Waals surface area contributed by atoms with E-state index in [9.17, 15) is 13.2 Å². The molecule has 7 heteroatoms. The molecule has 0 saturated heterocycles. The molecule has 0 aliphatic carbocycles. The molecule has 0 aliphatic rings. The van der Waals surface area contributed by atoms with Crippen LogP contribution in [0, 0.1) is 0 Å². The van der Waals surface area contributed by atoms with Gasteiger partial charge in [-0.05, 0) is 41.8 Å². The summed E-state index contributed by atoms with van der Waals surface area (Å²) < 4.78 is 27.5. The Labute approximate surface area is 182 Å². The van der Waals surface area contributed by atoms with Crippen molar-refractivity contribution >= 4 is 33.4 Å². The number of anilines is 1. The lowest BCUT2D eigenvalue weighted by molar-refractivity contribution is -0.113. The van der Waals surface area contributed by atoms with Crippen molar-refractivity contribution in [3.05, 3.63) is 96.1 Å². The summed E-state index contributed by atoms with van der Waals surface area (Å²) in [5.41, 5.74) is 2.82. The average Bonchev–Trinajstić information content (AvgIpc) is 2.75. The lowest BCUT2D eigenvalue weighted by Gasteiger charge is -2.09. The monoisotopic (exact) mass is 440 g/mol. The van der Waals surface area contributed by atoms with Crippen molar-refractivity contribution in [1.29, 1.82) is 0 Å². The molecular weight excluding hydrogens is 416 g/mol. The number of hydrogen-bond donors (Lipinski definition) is 2. The minimum atomic E-state index is -3.59. The number of thioether (sulfide) groups is 1. The first-order valence-corrected chi connectivity index (χ1v) is 12.2. The number of amides is 1. The predicted octanol–water partition coefficient (Wildman–Crippen LogP) is 4.08. The van der Waals surface area contributed by atoms with Crippen molar-refractivity contribution in [3.63, 3.8) is 0 Å². The van der Waals surface area contributed by atoms with Crippen LogP contribution in [0.15, 0.2) is 89.8 Å². The number of rotatable bonds is 10. The van der Waals surface area contributed by atoms with E-state index in [2.05, 4.69) is 10.0 Å². The van der Waals surface area contributed by atoms with Gasteiger partial charge in [-0.1, -0.05) is 60.7 Å². The zero-order valence-electron chi connectivity index (χ0n) is 16.5. The highest BCUT2D eigenvalue weighted by Gasteiger charge is 2.13. The molecule has 3 rings (SSSR count). The highest BCUT2D eigenvalue weighted by Crippen LogP contribution is 2.16. The minimum absolute atomic E-state index is 0.118. The first-order chi connectivity index (χ1) is 14.5. The number of hydrogen-bond acceptors (Lipinski definition) is 4. The molecule has 0 unspecified atom stereocenters. The first-order valence-electron chi connectivity index (χ1n) is 9.58. The summed E-state index contributed by atoms with van der Waals surface area (Å²) in [5.74, 6) is 0.975. The smallest absolute Gasteiger partial charge is 0.240 e. The second-order valence-corrected chi connectivity index (χ2v) is 9.44. The van der Waals surface area contributed by atoms with E-state index in [1.807, 2.05) is 60.7 Å². The van der Waals surface area contributed by atoms with Gasteiger partial charge >= 0.3 is 0 Å². The van der Waals surface area contributed by atoms with E-state index in [0.717, 1.165) is 11.3 Å². The van der Waals surface area contributed by atoms with Gasteiger partial charge in [0.2, 0.25) is 15.9 Å². The Morgan fingerprint density at radius 3 is 2.03 bits per heavy atom. The molecule has 30 heavy (non-hydrogen) atoms. The van der Waals surface area contributed by atoms with Crippen molar-refractivity contribution in [2.24, 2.45) is 0 Å². The van der Waals surface area contributed by atoms with E-state index in [1.165, 1.54) is 29.5 Å². The van der Waals surface area contributed by atoms with Crippen LogP contribution in [0.2, 0.25) is 0 Å². The van der Waals surface area contributed by atoms with Gasteiger partial charge in [0.15, 0.2) is 0 Å². The van der Waals surface area contributed by atoms with Gasteiger partial charge in [0.1, 0.15) is 0 Å². The van der Waals surface area contributed by atoms with Crippen LogP contribution >= 0.6 is 11.8 Å². The summed E-state index contributed by atoms with van der Waals surface area (Å²) in [4.78, 5) is 12.3. The maximum atomic E-state index is 12.4. The highest BCUT2D eigenvalue weighted by molar-refractivity contribution is 7.99. The molecule has 0 radical (unpaired) electrons. The summed E-state index contributed by atoms with van der Waals surface area (Å²) >= 11 is 1.53. The quantitative estimate of drug-likeness (QED) is 0.498. The summed E-state index contributed by atoms with van der Waals surface area (Å²) in [6.45, 7) is 0.323. The summed E-state index contributed by atoms with van der Waals surface area (Å²) in [6, 6.07) is 25.9. The number of carbonyl (C=O) groups excluding carboxylic acids is 1. The average molecular weight is 441 g/mol. The van der Waals surface area contributed by atoms with Crippen LogP contribution in [0.4, 0.5) is 5.69 Å². The minimum Gasteiger partial charge on any atom is -0.325 e. The Kier molecular flexibility index (Phi) is 8.07. The fourth-order valence-electron chi connectivity index (χ4n) is 2.81. The number of sulfonamides is 1. The summed E-state index contributed by atoms with van der Waals surface area (Å²) in [5, 5.41) is 2.80. The van der Waals surface area contributed by atoms with Gasteiger partial charge in [-0.25, -0.2) is 13.1 Å². The molecule has 0 heterocycles. The molecule has 3 aromatic carbocycles. The van der Waals surface area contributed by atoms with Crippen molar-refractivity contribution < 1.29 is 13.2 Å². The Balaban J connectivity index is 1.45. The fraction of sp³-hybridized carbons (Fsp3) is 0.174. The third-order valence-corrected chi connectivity index (χ3v) is 6.82. The molecule has 0 aromatic heterocycles. The Morgan fingerprint density at radius 2 is 1.40 bits per heavy atom. The van der Waals surface area contributed by atoms with Crippen LogP contribution in [0.3, 0.4) is 0 Å². The molecule has 2 N–H and O–H groups in total. The third kappa shape index (κ3) is 7.02. The molecule has 1 amide bonds. The number of nitrogens with one attached hydrogen (secondary N) is 2. The van der Waals surface area contributed by atoms with E-state index in [4.69, 9.17) is 0 Å². The highest BCUT2D eigenvalue weighted by atomic mass is 32.2. The molecule has 0 fully saturated rings. The van der Waals surface area contributed by atoms with Crippen LogP contribution in [-0.4, -0.2) is 26.6 Å². The number of carbonyl (C=O) groups is 1. The van der Waals surface area contributed by atoms with Gasteiger partial charge in [-0.3, -0.25) is 4.79 Å². The molecule has 5 nitrogen and oxygen atoms in total. The van der Waals surface area contributed by atoms with E-state index in [0.29, 0.717) is 24.4 Å². The molecule has 0 bridgehead atoms. The van der Waals surface area contributed by atoms with E-state index >= 15 is 0 Å². The normalized spacial score (nSPS) is 11.2. The lowest BCUT2D eigenvalue weighted by Crippen LogP contribution is -2.26. The maximum Gasteiger partial charge on any atom is 0.240 e. The number of benzene rings is 3. The molecule has 0 spiro atoms. The SMILES string of the molecule is O=C(CSCc1ccccc1)Nc1ccc(S(=O)(=O)NCCc2ccccc2)cc1. The lowest BCUT2D eigenvalue weighted by atomic mass is 10.2. The largest absolute Gasteiger partial charge is 0.325 e. The van der Waals surface area contributed by atoms with Crippen LogP contribution < -0.4 is 10.0 Å². The van der Waals surface area contributed by atoms with Crippen LogP contribution in [0.1, 0.15) is 11.1 Å². The van der Waals surface area contributed by atoms with Gasteiger partial charge < -0.3 is 5.32 Å². The summed E-state index contributed by atoms with van der Waals surface area (Å²) in [7, 11) is -3.59. The molecule has 0 atom stereocenters. The van der Waals surface area contributed by atoms with E-state index in [1.54, 1.807) is 12.1 Å². The van der Waals surface area contributed by atoms with Crippen molar-refractivity contribution in [1.82, 2.24) is 4.72 Å². The molecule has 0 aliphatic heterocycles.